The van der Waals surface area contributed by atoms with Gasteiger partial charge in [-0.3, -0.25) is 4.68 Å². The number of hydrogen-bond donors (Lipinski definition) is 1. The first-order valence-corrected chi connectivity index (χ1v) is 6.13. The van der Waals surface area contributed by atoms with Gasteiger partial charge >= 0.3 is 0 Å². The van der Waals surface area contributed by atoms with Crippen LogP contribution < -0.4 is 5.32 Å². The highest BCUT2D eigenvalue weighted by molar-refractivity contribution is 5.44. The lowest BCUT2D eigenvalue weighted by Gasteiger charge is -2.08. The number of nitrogens with one attached hydrogen (secondary N) is 1. The predicted molar refractivity (Wildman–Crippen MR) is 71.0 cm³/mol. The number of aryl methyl sites for hydroxylation is 2. The fourth-order valence-electron chi connectivity index (χ4n) is 1.94. The standard InChI is InChI=1S/C12H15N7/c1-9-6-15-18(7-9)4-3-13-11-5-10(2)17-12-14-8-16-19(11)12/h5-8,13H,3-4H2,1-2H3. The Morgan fingerprint density at radius 2 is 2.16 bits per heavy atom. The number of anilines is 1. The van der Waals surface area contributed by atoms with E-state index in [4.69, 9.17) is 0 Å². The molecule has 98 valence electrons. The summed E-state index contributed by atoms with van der Waals surface area (Å²) < 4.78 is 3.61. The van der Waals surface area contributed by atoms with Crippen LogP contribution in [0.15, 0.2) is 24.8 Å². The Balaban J connectivity index is 1.73. The Morgan fingerprint density at radius 3 is 2.95 bits per heavy atom. The van der Waals surface area contributed by atoms with Gasteiger partial charge in [0.15, 0.2) is 0 Å². The highest BCUT2D eigenvalue weighted by Gasteiger charge is 2.04. The second-order valence-corrected chi connectivity index (χ2v) is 4.46. The molecule has 0 fully saturated rings. The molecule has 0 aromatic carbocycles. The highest BCUT2D eigenvalue weighted by Crippen LogP contribution is 2.09. The van der Waals surface area contributed by atoms with Crippen LogP contribution in [-0.2, 0) is 6.54 Å². The van der Waals surface area contributed by atoms with Crippen molar-refractivity contribution in [2.75, 3.05) is 11.9 Å². The lowest BCUT2D eigenvalue weighted by molar-refractivity contribution is 0.635. The van der Waals surface area contributed by atoms with E-state index in [1.54, 1.807) is 4.52 Å². The fourth-order valence-corrected chi connectivity index (χ4v) is 1.94. The maximum Gasteiger partial charge on any atom is 0.254 e. The van der Waals surface area contributed by atoms with Crippen molar-refractivity contribution in [3.05, 3.63) is 36.0 Å². The second-order valence-electron chi connectivity index (χ2n) is 4.46. The second kappa shape index (κ2) is 4.68. The van der Waals surface area contributed by atoms with Crippen LogP contribution in [0.1, 0.15) is 11.3 Å². The van der Waals surface area contributed by atoms with Crippen LogP contribution in [0.25, 0.3) is 5.78 Å². The summed E-state index contributed by atoms with van der Waals surface area (Å²) in [6, 6.07) is 1.95. The zero-order valence-electron chi connectivity index (χ0n) is 10.9. The van der Waals surface area contributed by atoms with Crippen molar-refractivity contribution >= 4 is 11.6 Å². The van der Waals surface area contributed by atoms with Crippen LogP contribution in [0.2, 0.25) is 0 Å². The molecular formula is C12H15N7. The maximum absolute atomic E-state index is 4.30. The van der Waals surface area contributed by atoms with E-state index in [1.807, 2.05) is 37.0 Å². The summed E-state index contributed by atoms with van der Waals surface area (Å²) in [5.41, 5.74) is 2.08. The molecule has 0 unspecified atom stereocenters. The Hall–Kier alpha value is -2.44. The molecule has 0 aliphatic carbocycles. The van der Waals surface area contributed by atoms with Gasteiger partial charge < -0.3 is 5.32 Å². The molecular weight excluding hydrogens is 242 g/mol. The van der Waals surface area contributed by atoms with E-state index in [2.05, 4.69) is 25.5 Å². The van der Waals surface area contributed by atoms with E-state index in [1.165, 1.54) is 11.9 Å². The van der Waals surface area contributed by atoms with Crippen molar-refractivity contribution in [1.29, 1.82) is 0 Å². The zero-order chi connectivity index (χ0) is 13.2. The van der Waals surface area contributed by atoms with Gasteiger partial charge in [-0.15, -0.1) is 0 Å². The molecule has 0 aliphatic heterocycles. The number of fused-ring (bicyclic) bond motifs is 1. The predicted octanol–water partition coefficient (Wildman–Crippen LogP) is 1.05. The van der Waals surface area contributed by atoms with Gasteiger partial charge in [0, 0.05) is 24.5 Å². The van der Waals surface area contributed by atoms with Gasteiger partial charge in [0.2, 0.25) is 0 Å². The average molecular weight is 257 g/mol. The van der Waals surface area contributed by atoms with Gasteiger partial charge in [0.25, 0.3) is 5.78 Å². The summed E-state index contributed by atoms with van der Waals surface area (Å²) >= 11 is 0. The third kappa shape index (κ3) is 2.40. The Labute approximate surface area is 110 Å². The van der Waals surface area contributed by atoms with Crippen molar-refractivity contribution < 1.29 is 0 Å². The third-order valence-electron chi connectivity index (χ3n) is 2.79. The van der Waals surface area contributed by atoms with E-state index >= 15 is 0 Å². The van der Waals surface area contributed by atoms with Gasteiger partial charge in [-0.2, -0.15) is 19.7 Å². The Morgan fingerprint density at radius 1 is 1.26 bits per heavy atom. The van der Waals surface area contributed by atoms with E-state index in [0.717, 1.165) is 24.6 Å². The molecule has 7 nitrogen and oxygen atoms in total. The molecule has 1 N–H and O–H groups in total. The lowest BCUT2D eigenvalue weighted by Crippen LogP contribution is -2.13. The van der Waals surface area contributed by atoms with Crippen molar-refractivity contribution in [1.82, 2.24) is 29.4 Å². The molecule has 0 bridgehead atoms. The minimum Gasteiger partial charge on any atom is -0.368 e. The van der Waals surface area contributed by atoms with E-state index in [-0.39, 0.29) is 0 Å². The molecule has 19 heavy (non-hydrogen) atoms. The average Bonchev–Trinajstić information content (AvgIpc) is 2.98. The van der Waals surface area contributed by atoms with Gasteiger partial charge in [-0.1, -0.05) is 0 Å². The molecule has 0 atom stereocenters. The molecule has 0 saturated heterocycles. The quantitative estimate of drug-likeness (QED) is 0.756. The first kappa shape index (κ1) is 11.6. The van der Waals surface area contributed by atoms with Crippen LogP contribution >= 0.6 is 0 Å². The first-order valence-electron chi connectivity index (χ1n) is 6.13. The zero-order valence-corrected chi connectivity index (χ0v) is 10.9. The molecule has 0 saturated carbocycles. The van der Waals surface area contributed by atoms with E-state index in [0.29, 0.717) is 5.78 Å². The number of aromatic nitrogens is 6. The largest absolute Gasteiger partial charge is 0.368 e. The number of hydrogen-bond acceptors (Lipinski definition) is 5. The Kier molecular flexibility index (Phi) is 2.86. The minimum absolute atomic E-state index is 0.609. The molecule has 7 heteroatoms. The molecule has 3 aromatic heterocycles. The highest BCUT2D eigenvalue weighted by atomic mass is 15.4. The number of rotatable bonds is 4. The van der Waals surface area contributed by atoms with E-state index < -0.39 is 0 Å². The first-order chi connectivity index (χ1) is 9.22. The smallest absolute Gasteiger partial charge is 0.254 e. The van der Waals surface area contributed by atoms with Crippen molar-refractivity contribution in [3.8, 4) is 0 Å². The normalized spacial score (nSPS) is 11.1. The van der Waals surface area contributed by atoms with Crippen molar-refractivity contribution in [3.63, 3.8) is 0 Å². The van der Waals surface area contributed by atoms with Crippen LogP contribution in [0.3, 0.4) is 0 Å². The summed E-state index contributed by atoms with van der Waals surface area (Å²) in [5.74, 6) is 1.50. The van der Waals surface area contributed by atoms with Gasteiger partial charge in [0.1, 0.15) is 12.1 Å². The van der Waals surface area contributed by atoms with Crippen molar-refractivity contribution in [2.45, 2.75) is 20.4 Å². The molecule has 0 spiro atoms. The van der Waals surface area contributed by atoms with Crippen molar-refractivity contribution in [2.24, 2.45) is 0 Å². The molecule has 0 aliphatic rings. The summed E-state index contributed by atoms with van der Waals surface area (Å²) in [4.78, 5) is 8.39. The van der Waals surface area contributed by atoms with Gasteiger partial charge in [0.05, 0.1) is 12.7 Å². The van der Waals surface area contributed by atoms with Crippen LogP contribution in [0.4, 0.5) is 5.82 Å². The van der Waals surface area contributed by atoms with Gasteiger partial charge in [-0.25, -0.2) is 4.98 Å². The SMILES string of the molecule is Cc1cnn(CCNc2cc(C)nc3ncnn23)c1. The monoisotopic (exact) mass is 257 g/mol. The fraction of sp³-hybridized carbons (Fsp3) is 0.333. The summed E-state index contributed by atoms with van der Waals surface area (Å²) in [7, 11) is 0. The van der Waals surface area contributed by atoms with E-state index in [9.17, 15) is 0 Å². The molecule has 0 amide bonds. The minimum atomic E-state index is 0.609. The summed E-state index contributed by atoms with van der Waals surface area (Å²) in [5, 5.41) is 11.7. The summed E-state index contributed by atoms with van der Waals surface area (Å²) in [6.45, 7) is 5.53. The third-order valence-corrected chi connectivity index (χ3v) is 2.79. The topological polar surface area (TPSA) is 72.9 Å². The van der Waals surface area contributed by atoms with Crippen LogP contribution in [0, 0.1) is 13.8 Å². The molecule has 3 aromatic rings. The maximum atomic E-state index is 4.30. The number of nitrogens with zero attached hydrogens (tertiary/aromatic N) is 6. The van der Waals surface area contributed by atoms with Gasteiger partial charge in [-0.05, 0) is 19.4 Å². The van der Waals surface area contributed by atoms with Crippen LogP contribution in [0.5, 0.6) is 0 Å². The Bertz CT molecular complexity index is 697. The lowest BCUT2D eigenvalue weighted by atomic mass is 10.4. The molecule has 3 rings (SSSR count). The van der Waals surface area contributed by atoms with Crippen LogP contribution in [-0.4, -0.2) is 35.9 Å². The molecule has 0 radical (unpaired) electrons. The summed E-state index contributed by atoms with van der Waals surface area (Å²) in [6.07, 6.45) is 5.38. The molecule has 3 heterocycles.